The number of rotatable bonds is 6. The second-order valence-electron chi connectivity index (χ2n) is 6.90. The fourth-order valence-electron chi connectivity index (χ4n) is 3.42. The predicted octanol–water partition coefficient (Wildman–Crippen LogP) is 2.87. The standard InChI is InChI=1S/C24H20N4O5/c1-32-20-8-7-16(13-21(20)33-2)28-23(30)18-6-4-3-5-17(18)19(24(28)31)14-26-27-22(29)15-9-11-25-12-10-15/h3-14,31H,1-2H3,(H,27,29)/b26-14+. The van der Waals surface area contributed by atoms with Crippen LogP contribution in [-0.4, -0.2) is 41.0 Å². The maximum absolute atomic E-state index is 13.2. The van der Waals surface area contributed by atoms with Crippen LogP contribution in [0.4, 0.5) is 0 Å². The zero-order valence-electron chi connectivity index (χ0n) is 17.9. The highest BCUT2D eigenvalue weighted by Crippen LogP contribution is 2.32. The molecule has 0 radical (unpaired) electrons. The molecule has 0 spiro atoms. The molecule has 33 heavy (non-hydrogen) atoms. The fraction of sp³-hybridized carbons (Fsp3) is 0.0833. The number of hydrogen-bond acceptors (Lipinski definition) is 7. The van der Waals surface area contributed by atoms with Crippen molar-refractivity contribution in [2.45, 2.75) is 0 Å². The maximum Gasteiger partial charge on any atom is 0.271 e. The Hall–Kier alpha value is -4.66. The number of carbonyl (C=O) groups excluding carboxylic acids is 1. The van der Waals surface area contributed by atoms with Gasteiger partial charge in [-0.15, -0.1) is 0 Å². The molecule has 4 aromatic rings. The molecule has 9 heteroatoms. The molecule has 9 nitrogen and oxygen atoms in total. The van der Waals surface area contributed by atoms with Gasteiger partial charge < -0.3 is 14.6 Å². The van der Waals surface area contributed by atoms with E-state index in [4.69, 9.17) is 9.47 Å². The summed E-state index contributed by atoms with van der Waals surface area (Å²) >= 11 is 0. The van der Waals surface area contributed by atoms with Crippen LogP contribution in [0.2, 0.25) is 0 Å². The van der Waals surface area contributed by atoms with Crippen molar-refractivity contribution in [3.8, 4) is 23.1 Å². The van der Waals surface area contributed by atoms with Gasteiger partial charge in [0.2, 0.25) is 5.88 Å². The van der Waals surface area contributed by atoms with E-state index in [2.05, 4.69) is 15.5 Å². The number of hydrogen-bond donors (Lipinski definition) is 2. The molecular formula is C24H20N4O5. The van der Waals surface area contributed by atoms with Crippen molar-refractivity contribution < 1.29 is 19.4 Å². The number of methoxy groups -OCH3 is 2. The van der Waals surface area contributed by atoms with E-state index < -0.39 is 11.5 Å². The monoisotopic (exact) mass is 444 g/mol. The van der Waals surface area contributed by atoms with Crippen molar-refractivity contribution in [1.82, 2.24) is 15.0 Å². The van der Waals surface area contributed by atoms with E-state index in [0.717, 1.165) is 4.57 Å². The van der Waals surface area contributed by atoms with Crippen molar-refractivity contribution in [3.63, 3.8) is 0 Å². The molecular weight excluding hydrogens is 424 g/mol. The minimum atomic E-state index is -0.439. The van der Waals surface area contributed by atoms with Crippen molar-refractivity contribution in [1.29, 1.82) is 0 Å². The highest BCUT2D eigenvalue weighted by molar-refractivity contribution is 6.02. The SMILES string of the molecule is COc1ccc(-n2c(O)c(/C=N/NC(=O)c3ccncc3)c3ccccc3c2=O)cc1OC. The summed E-state index contributed by atoms with van der Waals surface area (Å²) in [7, 11) is 2.99. The van der Waals surface area contributed by atoms with Crippen LogP contribution in [0, 0.1) is 0 Å². The summed E-state index contributed by atoms with van der Waals surface area (Å²) in [5.41, 5.74) is 3.00. The van der Waals surface area contributed by atoms with Gasteiger partial charge in [0.05, 0.1) is 31.7 Å². The van der Waals surface area contributed by atoms with E-state index in [9.17, 15) is 14.7 Å². The Labute approximate surface area is 188 Å². The summed E-state index contributed by atoms with van der Waals surface area (Å²) in [6, 6.07) is 14.8. The molecule has 0 atom stereocenters. The van der Waals surface area contributed by atoms with Crippen molar-refractivity contribution in [2.75, 3.05) is 14.2 Å². The van der Waals surface area contributed by atoms with E-state index in [1.807, 2.05) is 0 Å². The molecule has 0 saturated carbocycles. The molecule has 2 N–H and O–H groups in total. The highest BCUT2D eigenvalue weighted by atomic mass is 16.5. The molecule has 166 valence electrons. The number of aromatic hydroxyl groups is 1. The van der Waals surface area contributed by atoms with Gasteiger partial charge in [-0.3, -0.25) is 14.6 Å². The van der Waals surface area contributed by atoms with Gasteiger partial charge in [-0.25, -0.2) is 9.99 Å². The van der Waals surface area contributed by atoms with E-state index in [-0.39, 0.29) is 11.4 Å². The molecule has 0 aliphatic carbocycles. The third-order valence-corrected chi connectivity index (χ3v) is 5.03. The molecule has 1 amide bonds. The first-order valence-electron chi connectivity index (χ1n) is 9.87. The van der Waals surface area contributed by atoms with Gasteiger partial charge >= 0.3 is 0 Å². The first-order valence-corrected chi connectivity index (χ1v) is 9.87. The minimum absolute atomic E-state index is 0.259. The lowest BCUT2D eigenvalue weighted by Gasteiger charge is -2.15. The summed E-state index contributed by atoms with van der Waals surface area (Å²) in [6.45, 7) is 0. The van der Waals surface area contributed by atoms with Gasteiger partial charge in [-0.1, -0.05) is 18.2 Å². The zero-order valence-corrected chi connectivity index (χ0v) is 17.9. The number of nitrogens with zero attached hydrogens (tertiary/aromatic N) is 3. The van der Waals surface area contributed by atoms with Crippen LogP contribution < -0.4 is 20.5 Å². The second kappa shape index (κ2) is 9.23. The van der Waals surface area contributed by atoms with Gasteiger partial charge in [-0.05, 0) is 30.3 Å². The van der Waals surface area contributed by atoms with Crippen LogP contribution >= 0.6 is 0 Å². The molecule has 0 saturated heterocycles. The number of nitrogens with one attached hydrogen (secondary N) is 1. The fourth-order valence-corrected chi connectivity index (χ4v) is 3.42. The molecule has 2 aromatic carbocycles. The second-order valence-corrected chi connectivity index (χ2v) is 6.90. The van der Waals surface area contributed by atoms with Crippen LogP contribution in [0.1, 0.15) is 15.9 Å². The number of pyridine rings is 2. The van der Waals surface area contributed by atoms with Crippen molar-refractivity contribution in [3.05, 3.63) is 88.5 Å². The van der Waals surface area contributed by atoms with Crippen molar-refractivity contribution in [2.24, 2.45) is 5.10 Å². The summed E-state index contributed by atoms with van der Waals surface area (Å²) in [4.78, 5) is 29.4. The minimum Gasteiger partial charge on any atom is -0.494 e. The highest BCUT2D eigenvalue weighted by Gasteiger charge is 2.18. The number of aromatic nitrogens is 2. The molecule has 0 aliphatic rings. The number of hydrazone groups is 1. The summed E-state index contributed by atoms with van der Waals surface area (Å²) in [6.07, 6.45) is 4.29. The zero-order chi connectivity index (χ0) is 23.4. The first kappa shape index (κ1) is 21.6. The van der Waals surface area contributed by atoms with E-state index in [1.165, 1.54) is 32.8 Å². The van der Waals surface area contributed by atoms with Gasteiger partial charge in [0, 0.05) is 34.8 Å². The topological polar surface area (TPSA) is 115 Å². The third-order valence-electron chi connectivity index (χ3n) is 5.03. The lowest BCUT2D eigenvalue weighted by atomic mass is 10.1. The Balaban J connectivity index is 1.82. The number of ether oxygens (including phenoxy) is 2. The molecule has 0 aliphatic heterocycles. The molecule has 0 bridgehead atoms. The maximum atomic E-state index is 13.2. The van der Waals surface area contributed by atoms with E-state index in [0.29, 0.717) is 33.5 Å². The average molecular weight is 444 g/mol. The van der Waals surface area contributed by atoms with Crippen LogP contribution in [0.5, 0.6) is 17.4 Å². The van der Waals surface area contributed by atoms with Gasteiger partial charge in [-0.2, -0.15) is 5.10 Å². The molecule has 4 rings (SSSR count). The largest absolute Gasteiger partial charge is 0.494 e. The smallest absolute Gasteiger partial charge is 0.271 e. The molecule has 0 fully saturated rings. The van der Waals surface area contributed by atoms with Crippen LogP contribution in [0.3, 0.4) is 0 Å². The van der Waals surface area contributed by atoms with Crippen LogP contribution in [-0.2, 0) is 0 Å². The predicted molar refractivity (Wildman–Crippen MR) is 124 cm³/mol. The Morgan fingerprint density at radius 2 is 1.73 bits per heavy atom. The Kier molecular flexibility index (Phi) is 6.03. The van der Waals surface area contributed by atoms with E-state index in [1.54, 1.807) is 54.6 Å². The summed E-state index contributed by atoms with van der Waals surface area (Å²) in [5.74, 6) is 0.1000. The van der Waals surface area contributed by atoms with Crippen LogP contribution in [0.15, 0.2) is 76.9 Å². The molecule has 2 aromatic heterocycles. The Morgan fingerprint density at radius 3 is 2.42 bits per heavy atom. The van der Waals surface area contributed by atoms with Crippen LogP contribution in [0.25, 0.3) is 16.5 Å². The number of benzene rings is 2. The summed E-state index contributed by atoms with van der Waals surface area (Å²) in [5, 5.41) is 15.9. The normalized spacial score (nSPS) is 11.0. The lowest BCUT2D eigenvalue weighted by Crippen LogP contribution is -2.21. The molecule has 2 heterocycles. The van der Waals surface area contributed by atoms with Gasteiger partial charge in [0.15, 0.2) is 11.5 Å². The van der Waals surface area contributed by atoms with Gasteiger partial charge in [0.1, 0.15) is 0 Å². The quantitative estimate of drug-likeness (QED) is 0.349. The average Bonchev–Trinajstić information content (AvgIpc) is 2.86. The third kappa shape index (κ3) is 4.11. The molecule has 0 unspecified atom stereocenters. The lowest BCUT2D eigenvalue weighted by molar-refractivity contribution is 0.0955. The number of amides is 1. The van der Waals surface area contributed by atoms with E-state index >= 15 is 0 Å². The first-order chi connectivity index (χ1) is 16.0. The number of fused-ring (bicyclic) bond motifs is 1. The Bertz CT molecular complexity index is 1410. The van der Waals surface area contributed by atoms with Crippen molar-refractivity contribution >= 4 is 22.9 Å². The van der Waals surface area contributed by atoms with Gasteiger partial charge in [0.25, 0.3) is 11.5 Å². The Morgan fingerprint density at radius 1 is 1.03 bits per heavy atom. The summed E-state index contributed by atoms with van der Waals surface area (Å²) < 4.78 is 11.7. The number of carbonyl (C=O) groups is 1.